The molecule has 0 aliphatic carbocycles. The number of carbonyl (C=O) groups excluding carboxylic acids is 1. The zero-order chi connectivity index (χ0) is 10.5. The lowest BCUT2D eigenvalue weighted by molar-refractivity contribution is -0.156. The largest absolute Gasteiger partial charge is 0.459 e. The highest BCUT2D eigenvalue weighted by Crippen LogP contribution is 2.08. The first-order valence-electron chi connectivity index (χ1n) is 4.83. The quantitative estimate of drug-likeness (QED) is 0.681. The average molecular weight is 187 g/mol. The van der Waals surface area contributed by atoms with E-state index in [9.17, 15) is 4.79 Å². The number of hydrogen-bond donors (Lipinski definition) is 1. The molecule has 0 heterocycles. The predicted molar refractivity (Wildman–Crippen MR) is 53.6 cm³/mol. The van der Waals surface area contributed by atoms with E-state index in [1.165, 1.54) is 0 Å². The number of carbonyl (C=O) groups is 1. The van der Waals surface area contributed by atoms with Crippen molar-refractivity contribution >= 4 is 5.97 Å². The van der Waals surface area contributed by atoms with Crippen molar-refractivity contribution in [3.63, 3.8) is 0 Å². The lowest BCUT2D eigenvalue weighted by Crippen LogP contribution is -2.39. The first kappa shape index (κ1) is 12.4. The lowest BCUT2D eigenvalue weighted by atomic mass is 10.2. The van der Waals surface area contributed by atoms with Gasteiger partial charge in [-0.2, -0.15) is 0 Å². The van der Waals surface area contributed by atoms with Gasteiger partial charge in [-0.3, -0.25) is 4.79 Å². The first-order valence-corrected chi connectivity index (χ1v) is 4.83. The number of rotatable bonds is 4. The van der Waals surface area contributed by atoms with Gasteiger partial charge < -0.3 is 10.1 Å². The molecular formula is C10H21NO2. The van der Waals surface area contributed by atoms with E-state index in [0.717, 1.165) is 13.0 Å². The van der Waals surface area contributed by atoms with Crippen LogP contribution in [0.25, 0.3) is 0 Å². The maximum atomic E-state index is 11.4. The standard InChI is InChI=1S/C10H21NO2/c1-6-7-11-8(2)9(12)13-10(3,4)5/h8,11H,6-7H2,1-5H3/t8-/m0/s1. The van der Waals surface area contributed by atoms with Gasteiger partial charge in [-0.1, -0.05) is 6.92 Å². The molecule has 0 unspecified atom stereocenters. The molecule has 3 heteroatoms. The monoisotopic (exact) mass is 187 g/mol. The van der Waals surface area contributed by atoms with Crippen molar-refractivity contribution in [2.75, 3.05) is 6.54 Å². The topological polar surface area (TPSA) is 38.3 Å². The predicted octanol–water partition coefficient (Wildman–Crippen LogP) is 1.72. The normalized spacial score (nSPS) is 13.9. The lowest BCUT2D eigenvalue weighted by Gasteiger charge is -2.22. The van der Waals surface area contributed by atoms with Gasteiger partial charge in [-0.05, 0) is 40.7 Å². The molecule has 0 amide bonds. The van der Waals surface area contributed by atoms with Crippen LogP contribution in [-0.4, -0.2) is 24.2 Å². The fourth-order valence-electron chi connectivity index (χ4n) is 0.834. The number of esters is 1. The van der Waals surface area contributed by atoms with E-state index in [0.29, 0.717) is 0 Å². The first-order chi connectivity index (χ1) is 5.87. The molecule has 0 saturated heterocycles. The van der Waals surface area contributed by atoms with Crippen molar-refractivity contribution in [2.45, 2.75) is 52.7 Å². The van der Waals surface area contributed by atoms with Crippen molar-refractivity contribution in [2.24, 2.45) is 0 Å². The Labute approximate surface area is 80.8 Å². The fraction of sp³-hybridized carbons (Fsp3) is 0.900. The zero-order valence-electron chi connectivity index (χ0n) is 9.31. The Bertz CT molecular complexity index is 161. The Hall–Kier alpha value is -0.570. The van der Waals surface area contributed by atoms with Gasteiger partial charge in [0.1, 0.15) is 11.6 Å². The van der Waals surface area contributed by atoms with Crippen molar-refractivity contribution in [1.29, 1.82) is 0 Å². The van der Waals surface area contributed by atoms with Gasteiger partial charge in [-0.25, -0.2) is 0 Å². The van der Waals surface area contributed by atoms with Gasteiger partial charge in [0.05, 0.1) is 0 Å². The highest BCUT2D eigenvalue weighted by atomic mass is 16.6. The Morgan fingerprint density at radius 3 is 2.38 bits per heavy atom. The van der Waals surface area contributed by atoms with Crippen LogP contribution in [0.3, 0.4) is 0 Å². The van der Waals surface area contributed by atoms with Gasteiger partial charge in [0.15, 0.2) is 0 Å². The second kappa shape index (κ2) is 5.22. The van der Waals surface area contributed by atoms with Gasteiger partial charge in [0.25, 0.3) is 0 Å². The van der Waals surface area contributed by atoms with Gasteiger partial charge in [-0.15, -0.1) is 0 Å². The molecule has 0 radical (unpaired) electrons. The minimum Gasteiger partial charge on any atom is -0.459 e. The Morgan fingerprint density at radius 2 is 2.00 bits per heavy atom. The molecule has 1 N–H and O–H groups in total. The highest BCUT2D eigenvalue weighted by Gasteiger charge is 2.20. The summed E-state index contributed by atoms with van der Waals surface area (Å²) in [7, 11) is 0. The zero-order valence-corrected chi connectivity index (χ0v) is 9.31. The fourth-order valence-corrected chi connectivity index (χ4v) is 0.834. The third-order valence-corrected chi connectivity index (χ3v) is 1.46. The van der Waals surface area contributed by atoms with E-state index in [4.69, 9.17) is 4.74 Å². The average Bonchev–Trinajstić information content (AvgIpc) is 1.96. The molecule has 0 rings (SSSR count). The van der Waals surface area contributed by atoms with Crippen LogP contribution in [0.5, 0.6) is 0 Å². The molecule has 0 bridgehead atoms. The molecule has 0 aromatic heterocycles. The van der Waals surface area contributed by atoms with Gasteiger partial charge in [0, 0.05) is 0 Å². The number of ether oxygens (including phenoxy) is 1. The minimum atomic E-state index is -0.390. The Kier molecular flexibility index (Phi) is 4.99. The van der Waals surface area contributed by atoms with Gasteiger partial charge in [0.2, 0.25) is 0 Å². The Morgan fingerprint density at radius 1 is 1.46 bits per heavy atom. The van der Waals surface area contributed by atoms with Crippen molar-refractivity contribution in [3.8, 4) is 0 Å². The summed E-state index contributed by atoms with van der Waals surface area (Å²) < 4.78 is 5.20. The van der Waals surface area contributed by atoms with Crippen LogP contribution in [0, 0.1) is 0 Å². The summed E-state index contributed by atoms with van der Waals surface area (Å²) in [4.78, 5) is 11.4. The second-order valence-corrected chi connectivity index (χ2v) is 4.21. The molecule has 0 aromatic carbocycles. The summed E-state index contributed by atoms with van der Waals surface area (Å²) >= 11 is 0. The maximum Gasteiger partial charge on any atom is 0.323 e. The molecule has 0 saturated carbocycles. The second-order valence-electron chi connectivity index (χ2n) is 4.21. The maximum absolute atomic E-state index is 11.4. The van der Waals surface area contributed by atoms with Crippen LogP contribution >= 0.6 is 0 Å². The van der Waals surface area contributed by atoms with Crippen LogP contribution in [0.15, 0.2) is 0 Å². The smallest absolute Gasteiger partial charge is 0.323 e. The summed E-state index contributed by atoms with van der Waals surface area (Å²) in [6.45, 7) is 10.4. The van der Waals surface area contributed by atoms with E-state index in [-0.39, 0.29) is 17.6 Å². The minimum absolute atomic E-state index is 0.180. The van der Waals surface area contributed by atoms with Crippen molar-refractivity contribution in [3.05, 3.63) is 0 Å². The van der Waals surface area contributed by atoms with Crippen LogP contribution in [-0.2, 0) is 9.53 Å². The molecular weight excluding hydrogens is 166 g/mol. The van der Waals surface area contributed by atoms with Gasteiger partial charge >= 0.3 is 5.97 Å². The van der Waals surface area contributed by atoms with Crippen molar-refractivity contribution < 1.29 is 9.53 Å². The van der Waals surface area contributed by atoms with E-state index in [1.54, 1.807) is 0 Å². The molecule has 0 fully saturated rings. The summed E-state index contributed by atoms with van der Waals surface area (Å²) in [5.41, 5.74) is -0.390. The SMILES string of the molecule is CCCN[C@@H](C)C(=O)OC(C)(C)C. The molecule has 13 heavy (non-hydrogen) atoms. The van der Waals surface area contributed by atoms with Crippen LogP contribution in [0.2, 0.25) is 0 Å². The summed E-state index contributed by atoms with van der Waals surface area (Å²) in [5.74, 6) is -0.180. The van der Waals surface area contributed by atoms with E-state index < -0.39 is 0 Å². The molecule has 0 spiro atoms. The molecule has 3 nitrogen and oxygen atoms in total. The third kappa shape index (κ3) is 6.58. The van der Waals surface area contributed by atoms with Crippen LogP contribution in [0.4, 0.5) is 0 Å². The molecule has 78 valence electrons. The molecule has 0 aliphatic rings. The highest BCUT2D eigenvalue weighted by molar-refractivity contribution is 5.75. The van der Waals surface area contributed by atoms with Crippen molar-refractivity contribution in [1.82, 2.24) is 5.32 Å². The van der Waals surface area contributed by atoms with E-state index in [1.807, 2.05) is 27.7 Å². The van der Waals surface area contributed by atoms with E-state index in [2.05, 4.69) is 12.2 Å². The van der Waals surface area contributed by atoms with Crippen LogP contribution in [0.1, 0.15) is 41.0 Å². The van der Waals surface area contributed by atoms with Crippen LogP contribution < -0.4 is 5.32 Å². The molecule has 0 aromatic rings. The molecule has 0 aliphatic heterocycles. The molecule has 1 atom stereocenters. The van der Waals surface area contributed by atoms with E-state index >= 15 is 0 Å². The Balaban J connectivity index is 3.83. The third-order valence-electron chi connectivity index (χ3n) is 1.46. The number of nitrogens with one attached hydrogen (secondary N) is 1. The summed E-state index contributed by atoms with van der Waals surface area (Å²) in [6, 6.07) is -0.209. The summed E-state index contributed by atoms with van der Waals surface area (Å²) in [5, 5.41) is 3.08. The summed E-state index contributed by atoms with van der Waals surface area (Å²) in [6.07, 6.45) is 1.02. The number of hydrogen-bond acceptors (Lipinski definition) is 3.